The van der Waals surface area contributed by atoms with E-state index < -0.39 is 11.5 Å². The lowest BCUT2D eigenvalue weighted by Crippen LogP contribution is -2.38. The van der Waals surface area contributed by atoms with Gasteiger partial charge in [-0.25, -0.2) is 4.98 Å². The lowest BCUT2D eigenvalue weighted by atomic mass is 9.71. The summed E-state index contributed by atoms with van der Waals surface area (Å²) in [6.45, 7) is 2.55. The van der Waals surface area contributed by atoms with E-state index in [1.165, 1.54) is 0 Å². The first-order valence-corrected chi connectivity index (χ1v) is 13.2. The largest absolute Gasteiger partial charge is 0.493 e. The van der Waals surface area contributed by atoms with Crippen LogP contribution in [0.5, 0.6) is 17.4 Å². The lowest BCUT2D eigenvalue weighted by molar-refractivity contribution is 0.00225. The minimum Gasteiger partial charge on any atom is -0.493 e. The Balaban J connectivity index is 2.13. The van der Waals surface area contributed by atoms with Gasteiger partial charge in [0.2, 0.25) is 5.88 Å². The number of rotatable bonds is 10. The Morgan fingerprint density at radius 1 is 0.974 bits per heavy atom. The van der Waals surface area contributed by atoms with Crippen LogP contribution in [0.4, 0.5) is 0 Å². The molecule has 0 saturated carbocycles. The Labute approximate surface area is 232 Å². The number of aromatic nitrogens is 2. The van der Waals surface area contributed by atoms with Gasteiger partial charge in [-0.2, -0.15) is 0 Å². The molecular formula is C30H34BrN3O4. The van der Waals surface area contributed by atoms with Crippen LogP contribution < -0.4 is 14.2 Å². The molecular weight excluding hydrogens is 546 g/mol. The van der Waals surface area contributed by atoms with E-state index in [0.29, 0.717) is 30.3 Å². The topological polar surface area (TPSA) is 76.9 Å². The SMILES string of the molecule is COc1cccc([C@H](c2cc3cc(Br)ccc3nc2OC)[C@@](O)(CCN(C)C)c2cccnc2C)c1OC. The number of hydrogen-bond donors (Lipinski definition) is 1. The Morgan fingerprint density at radius 2 is 1.76 bits per heavy atom. The van der Waals surface area contributed by atoms with E-state index >= 15 is 0 Å². The van der Waals surface area contributed by atoms with Gasteiger partial charge in [-0.1, -0.05) is 34.1 Å². The van der Waals surface area contributed by atoms with Crippen molar-refractivity contribution >= 4 is 26.8 Å². The van der Waals surface area contributed by atoms with E-state index in [1.807, 2.05) is 75.6 Å². The minimum atomic E-state index is -1.41. The van der Waals surface area contributed by atoms with Crippen molar-refractivity contribution < 1.29 is 19.3 Å². The summed E-state index contributed by atoms with van der Waals surface area (Å²) in [5.41, 5.74) is 2.35. The molecule has 2 heterocycles. The number of methoxy groups -OCH3 is 3. The molecule has 0 bridgehead atoms. The van der Waals surface area contributed by atoms with Crippen LogP contribution in [0.2, 0.25) is 0 Å². The molecule has 4 aromatic rings. The van der Waals surface area contributed by atoms with Crippen LogP contribution in [-0.4, -0.2) is 61.9 Å². The third-order valence-electron chi connectivity index (χ3n) is 6.91. The third-order valence-corrected chi connectivity index (χ3v) is 7.40. The van der Waals surface area contributed by atoms with Gasteiger partial charge in [-0.05, 0) is 63.8 Å². The summed E-state index contributed by atoms with van der Waals surface area (Å²) < 4.78 is 18.4. The first kappa shape index (κ1) is 27.8. The third kappa shape index (κ3) is 5.34. The molecule has 0 aliphatic heterocycles. The van der Waals surface area contributed by atoms with Gasteiger partial charge >= 0.3 is 0 Å². The maximum absolute atomic E-state index is 13.0. The highest BCUT2D eigenvalue weighted by Gasteiger charge is 2.45. The summed E-state index contributed by atoms with van der Waals surface area (Å²) in [5.74, 6) is 0.908. The predicted octanol–water partition coefficient (Wildman–Crippen LogP) is 5.70. The Kier molecular flexibility index (Phi) is 8.55. The average Bonchev–Trinajstić information content (AvgIpc) is 2.91. The molecule has 4 rings (SSSR count). The van der Waals surface area contributed by atoms with Crippen molar-refractivity contribution in [3.05, 3.63) is 87.7 Å². The number of aliphatic hydroxyl groups is 1. The fourth-order valence-electron chi connectivity index (χ4n) is 5.11. The summed E-state index contributed by atoms with van der Waals surface area (Å²) in [6, 6.07) is 17.5. The van der Waals surface area contributed by atoms with Crippen molar-refractivity contribution in [2.45, 2.75) is 24.9 Å². The molecule has 200 valence electrons. The molecule has 7 nitrogen and oxygen atoms in total. The first-order valence-electron chi connectivity index (χ1n) is 12.4. The number of aryl methyl sites for hydroxylation is 1. The summed E-state index contributed by atoms with van der Waals surface area (Å²) in [6.07, 6.45) is 2.15. The van der Waals surface area contributed by atoms with Crippen LogP contribution in [0.3, 0.4) is 0 Å². The molecule has 0 radical (unpaired) electrons. The monoisotopic (exact) mass is 579 g/mol. The molecule has 0 amide bonds. The fraction of sp³-hybridized carbons (Fsp3) is 0.333. The molecule has 2 aromatic heterocycles. The van der Waals surface area contributed by atoms with Gasteiger partial charge < -0.3 is 24.2 Å². The number of ether oxygens (including phenoxy) is 3. The normalized spacial score (nSPS) is 13.8. The molecule has 0 saturated heterocycles. The summed E-state index contributed by atoms with van der Waals surface area (Å²) in [7, 11) is 8.81. The van der Waals surface area contributed by atoms with Gasteiger partial charge in [-0.15, -0.1) is 0 Å². The quantitative estimate of drug-likeness (QED) is 0.258. The van der Waals surface area contributed by atoms with E-state index in [1.54, 1.807) is 27.5 Å². The van der Waals surface area contributed by atoms with Crippen LogP contribution in [-0.2, 0) is 5.60 Å². The number of fused-ring (bicyclic) bond motifs is 1. The molecule has 0 spiro atoms. The summed E-state index contributed by atoms with van der Waals surface area (Å²) >= 11 is 3.58. The molecule has 0 aliphatic carbocycles. The number of benzene rings is 2. The van der Waals surface area contributed by atoms with Gasteiger partial charge in [0.15, 0.2) is 11.5 Å². The van der Waals surface area contributed by atoms with E-state index in [-0.39, 0.29) is 0 Å². The smallest absolute Gasteiger partial charge is 0.217 e. The first-order chi connectivity index (χ1) is 18.2. The van der Waals surface area contributed by atoms with Gasteiger partial charge in [0.25, 0.3) is 0 Å². The van der Waals surface area contributed by atoms with Crippen molar-refractivity contribution in [3.63, 3.8) is 0 Å². The number of para-hydroxylation sites is 1. The molecule has 0 unspecified atom stereocenters. The minimum absolute atomic E-state index is 0.414. The van der Waals surface area contributed by atoms with E-state index in [9.17, 15) is 5.11 Å². The molecule has 0 aliphatic rings. The summed E-state index contributed by atoms with van der Waals surface area (Å²) in [4.78, 5) is 11.5. The molecule has 0 fully saturated rings. The molecule has 38 heavy (non-hydrogen) atoms. The van der Waals surface area contributed by atoms with Gasteiger partial charge in [0, 0.05) is 45.0 Å². The highest BCUT2D eigenvalue weighted by molar-refractivity contribution is 9.10. The number of nitrogens with zero attached hydrogens (tertiary/aromatic N) is 3. The average molecular weight is 581 g/mol. The zero-order valence-corrected chi connectivity index (χ0v) is 24.2. The second kappa shape index (κ2) is 11.7. The molecule has 1 N–H and O–H groups in total. The maximum Gasteiger partial charge on any atom is 0.217 e. The highest BCUT2D eigenvalue weighted by atomic mass is 79.9. The highest BCUT2D eigenvalue weighted by Crippen LogP contribution is 2.51. The van der Waals surface area contributed by atoms with Crippen molar-refractivity contribution in [1.82, 2.24) is 14.9 Å². The van der Waals surface area contributed by atoms with Gasteiger partial charge in [-0.3, -0.25) is 4.98 Å². The maximum atomic E-state index is 13.0. The standard InChI is InChI=1S/C30H34BrN3O4/c1-19-24(10-8-15-32-19)30(35,14-16-34(2)3)27(22-9-7-11-26(36-4)28(22)37-5)23-18-20-17-21(31)12-13-25(20)33-29(23)38-6/h7-13,15,17-18,27,35H,14,16H2,1-6H3/t27-,30-/m1/s1. The second-order valence-electron chi connectivity index (χ2n) is 9.55. The van der Waals surface area contributed by atoms with E-state index in [4.69, 9.17) is 19.2 Å². The molecule has 2 atom stereocenters. The van der Waals surface area contributed by atoms with Crippen molar-refractivity contribution in [1.29, 1.82) is 0 Å². The van der Waals surface area contributed by atoms with E-state index in [2.05, 4.69) is 25.8 Å². The Hall–Kier alpha value is -3.20. The van der Waals surface area contributed by atoms with Crippen LogP contribution >= 0.6 is 15.9 Å². The molecule has 8 heteroatoms. The number of hydrogen-bond acceptors (Lipinski definition) is 7. The number of pyridine rings is 2. The zero-order valence-electron chi connectivity index (χ0n) is 22.7. The number of halogens is 1. The van der Waals surface area contributed by atoms with Crippen molar-refractivity contribution in [3.8, 4) is 17.4 Å². The van der Waals surface area contributed by atoms with Crippen LogP contribution in [0.1, 0.15) is 34.7 Å². The van der Waals surface area contributed by atoms with Crippen LogP contribution in [0, 0.1) is 6.92 Å². The summed E-state index contributed by atoms with van der Waals surface area (Å²) in [5, 5.41) is 13.9. The van der Waals surface area contributed by atoms with Crippen LogP contribution in [0.25, 0.3) is 10.9 Å². The molecule has 2 aromatic carbocycles. The van der Waals surface area contributed by atoms with Crippen molar-refractivity contribution in [2.75, 3.05) is 42.0 Å². The lowest BCUT2D eigenvalue weighted by Gasteiger charge is -2.39. The zero-order chi connectivity index (χ0) is 27.4. The Morgan fingerprint density at radius 3 is 2.42 bits per heavy atom. The Bertz CT molecular complexity index is 1430. The van der Waals surface area contributed by atoms with Crippen LogP contribution in [0.15, 0.2) is 65.3 Å². The van der Waals surface area contributed by atoms with Gasteiger partial charge in [0.05, 0.1) is 32.8 Å². The predicted molar refractivity (Wildman–Crippen MR) is 153 cm³/mol. The second-order valence-corrected chi connectivity index (χ2v) is 10.5. The fourth-order valence-corrected chi connectivity index (χ4v) is 5.49. The van der Waals surface area contributed by atoms with Crippen molar-refractivity contribution in [2.24, 2.45) is 0 Å². The van der Waals surface area contributed by atoms with E-state index in [0.717, 1.165) is 37.8 Å². The van der Waals surface area contributed by atoms with Gasteiger partial charge in [0.1, 0.15) is 5.60 Å².